The van der Waals surface area contributed by atoms with Crippen LogP contribution < -0.4 is 4.74 Å². The van der Waals surface area contributed by atoms with Gasteiger partial charge in [-0.3, -0.25) is 4.79 Å². The molecule has 11 nitrogen and oxygen atoms in total. The Hall–Kier alpha value is -3.09. The number of aromatic hydroxyl groups is 4. The number of aliphatic hydroxyl groups excluding tert-OH is 3. The van der Waals surface area contributed by atoms with Gasteiger partial charge in [-0.2, -0.15) is 0 Å². The molecule has 2 aliphatic heterocycles. The largest absolute Gasteiger partial charge is 0.508 e. The van der Waals surface area contributed by atoms with Crippen molar-refractivity contribution in [1.29, 1.82) is 0 Å². The number of hydrogen-bond acceptors (Lipinski definition) is 11. The first-order valence-electron chi connectivity index (χ1n) is 9.72. The lowest BCUT2D eigenvalue weighted by molar-refractivity contribution is -0.304. The molecule has 7 N–H and O–H groups in total. The average molecular weight is 450 g/mol. The van der Waals surface area contributed by atoms with Crippen molar-refractivity contribution in [2.45, 2.75) is 49.8 Å². The molecule has 0 unspecified atom stereocenters. The van der Waals surface area contributed by atoms with E-state index in [0.29, 0.717) is 0 Å². The predicted molar refractivity (Wildman–Crippen MR) is 104 cm³/mol. The van der Waals surface area contributed by atoms with Crippen molar-refractivity contribution in [3.63, 3.8) is 0 Å². The smallest absolute Gasteiger partial charge is 0.203 e. The van der Waals surface area contributed by atoms with Crippen molar-refractivity contribution < 1.29 is 54.8 Å². The van der Waals surface area contributed by atoms with Crippen molar-refractivity contribution >= 4 is 5.78 Å². The third-order valence-electron chi connectivity index (χ3n) is 5.52. The van der Waals surface area contributed by atoms with Crippen LogP contribution in [0.4, 0.5) is 0 Å². The molecule has 0 aromatic heterocycles. The highest BCUT2D eigenvalue weighted by atomic mass is 16.7. The molecule has 1 saturated heterocycles. The van der Waals surface area contributed by atoms with Crippen LogP contribution in [0.5, 0.6) is 28.7 Å². The van der Waals surface area contributed by atoms with Gasteiger partial charge in [0.15, 0.2) is 30.0 Å². The number of phenolic OH excluding ortho intramolecular Hbond substituents is 4. The summed E-state index contributed by atoms with van der Waals surface area (Å²) in [4.78, 5) is 13.3. The number of carbonyl (C=O) groups is 1. The van der Waals surface area contributed by atoms with Gasteiger partial charge in [-0.25, -0.2) is 0 Å². The summed E-state index contributed by atoms with van der Waals surface area (Å²) < 4.78 is 16.9. The molecule has 1 fully saturated rings. The van der Waals surface area contributed by atoms with Crippen molar-refractivity contribution in [2.75, 3.05) is 0 Å². The lowest BCUT2D eigenvalue weighted by Gasteiger charge is -2.42. The first-order chi connectivity index (χ1) is 15.1. The van der Waals surface area contributed by atoms with Gasteiger partial charge in [-0.1, -0.05) is 6.07 Å². The second kappa shape index (κ2) is 8.11. The third kappa shape index (κ3) is 3.70. The maximum Gasteiger partial charge on any atom is 0.203 e. The van der Waals surface area contributed by atoms with Gasteiger partial charge < -0.3 is 50.0 Å². The summed E-state index contributed by atoms with van der Waals surface area (Å²) in [7, 11) is 0. The molecule has 2 aromatic rings. The summed E-state index contributed by atoms with van der Waals surface area (Å²) in [6.07, 6.45) is -10.0. The molecule has 11 heteroatoms. The molecule has 4 rings (SSSR count). The van der Waals surface area contributed by atoms with Crippen molar-refractivity contribution in [1.82, 2.24) is 0 Å². The first-order valence-corrected chi connectivity index (χ1v) is 9.72. The number of fused-ring (bicyclic) bond motifs is 1. The number of Topliss-reactive ketones (excluding diaryl/α,β-unsaturated/α-hetero) is 1. The van der Waals surface area contributed by atoms with Crippen LogP contribution in [0.25, 0.3) is 0 Å². The lowest BCUT2D eigenvalue weighted by atomic mass is 9.92. The van der Waals surface area contributed by atoms with E-state index in [1.807, 2.05) is 0 Å². The molecule has 0 aliphatic carbocycles. The maximum absolute atomic E-state index is 13.3. The molecule has 7 atom stereocenters. The van der Waals surface area contributed by atoms with E-state index in [1.165, 1.54) is 19.1 Å². The zero-order chi connectivity index (χ0) is 23.3. The second-order valence-electron chi connectivity index (χ2n) is 7.73. The molecule has 0 saturated carbocycles. The summed E-state index contributed by atoms with van der Waals surface area (Å²) in [6, 6.07) is 5.72. The topological polar surface area (TPSA) is 186 Å². The van der Waals surface area contributed by atoms with Gasteiger partial charge in [-0.05, 0) is 24.6 Å². The zero-order valence-electron chi connectivity index (χ0n) is 16.7. The highest BCUT2D eigenvalue weighted by Gasteiger charge is 2.48. The number of benzene rings is 2. The normalized spacial score (nSPS) is 32.2. The van der Waals surface area contributed by atoms with Gasteiger partial charge in [0.1, 0.15) is 41.1 Å². The molecule has 0 amide bonds. The Labute approximate surface area is 181 Å². The van der Waals surface area contributed by atoms with Crippen LogP contribution in [-0.2, 0) is 9.47 Å². The Kier molecular flexibility index (Phi) is 5.61. The minimum Gasteiger partial charge on any atom is -0.508 e. The van der Waals surface area contributed by atoms with Crippen LogP contribution in [0, 0.1) is 0 Å². The monoisotopic (exact) mass is 450 g/mol. The molecule has 2 aromatic carbocycles. The van der Waals surface area contributed by atoms with Gasteiger partial charge in [0.25, 0.3) is 0 Å². The summed E-state index contributed by atoms with van der Waals surface area (Å²) >= 11 is 0. The van der Waals surface area contributed by atoms with Crippen LogP contribution in [0.15, 0.2) is 30.3 Å². The molecular weight excluding hydrogens is 428 g/mol. The van der Waals surface area contributed by atoms with Crippen LogP contribution in [-0.4, -0.2) is 78.3 Å². The molecule has 32 heavy (non-hydrogen) atoms. The zero-order valence-corrected chi connectivity index (χ0v) is 16.7. The van der Waals surface area contributed by atoms with Crippen LogP contribution in [0.1, 0.15) is 28.9 Å². The van der Waals surface area contributed by atoms with Crippen LogP contribution in [0.3, 0.4) is 0 Å². The number of phenols is 4. The molecular formula is C21H22O11. The summed E-state index contributed by atoms with van der Waals surface area (Å²) in [5.74, 6) is -2.79. The van der Waals surface area contributed by atoms with E-state index >= 15 is 0 Å². The predicted octanol–water partition coefficient (Wildman–Crippen LogP) is 0.0381. The Morgan fingerprint density at radius 2 is 1.59 bits per heavy atom. The van der Waals surface area contributed by atoms with Crippen molar-refractivity contribution in [2.24, 2.45) is 0 Å². The minimum atomic E-state index is -1.71. The Bertz CT molecular complexity index is 1040. The average Bonchev–Trinajstić information content (AvgIpc) is 2.73. The van der Waals surface area contributed by atoms with E-state index in [4.69, 9.17) is 14.2 Å². The Morgan fingerprint density at radius 1 is 0.875 bits per heavy atom. The van der Waals surface area contributed by atoms with E-state index in [1.54, 1.807) is 0 Å². The van der Waals surface area contributed by atoms with E-state index in [-0.39, 0.29) is 22.6 Å². The fourth-order valence-corrected chi connectivity index (χ4v) is 3.77. The van der Waals surface area contributed by atoms with Crippen molar-refractivity contribution in [3.05, 3.63) is 41.5 Å². The SMILES string of the molecule is C[C@H]1O[C@H](O[C@H]2C(=O)c3c(O)cc(O)cc3O[C@H]2c2ccc(O)c(O)c2)[C@@H](O)[C@@H](O)[C@H]1O. The molecule has 0 radical (unpaired) electrons. The van der Waals surface area contributed by atoms with Gasteiger partial charge in [0.05, 0.1) is 6.10 Å². The van der Waals surface area contributed by atoms with Crippen LogP contribution in [0.2, 0.25) is 0 Å². The number of ether oxygens (including phenoxy) is 3. The number of hydrogen-bond donors (Lipinski definition) is 7. The number of rotatable bonds is 3. The Morgan fingerprint density at radius 3 is 2.28 bits per heavy atom. The van der Waals surface area contributed by atoms with E-state index in [2.05, 4.69) is 0 Å². The van der Waals surface area contributed by atoms with Crippen molar-refractivity contribution in [3.8, 4) is 28.7 Å². The summed E-state index contributed by atoms with van der Waals surface area (Å²) in [5, 5.41) is 69.7. The first kappa shape index (κ1) is 22.1. The fraction of sp³-hybridized carbons (Fsp3) is 0.381. The van der Waals surface area contributed by atoms with Gasteiger partial charge in [0.2, 0.25) is 5.78 Å². The molecule has 0 spiro atoms. The quantitative estimate of drug-likeness (QED) is 0.313. The molecule has 2 aliphatic rings. The maximum atomic E-state index is 13.3. The highest BCUT2D eigenvalue weighted by Crippen LogP contribution is 2.44. The number of aliphatic hydroxyl groups is 3. The van der Waals surface area contributed by atoms with Gasteiger partial charge >= 0.3 is 0 Å². The molecule has 0 bridgehead atoms. The van der Waals surface area contributed by atoms with E-state index in [0.717, 1.165) is 18.2 Å². The third-order valence-corrected chi connectivity index (χ3v) is 5.52. The Balaban J connectivity index is 1.75. The van der Waals surface area contributed by atoms with Crippen LogP contribution >= 0.6 is 0 Å². The van der Waals surface area contributed by atoms with E-state index < -0.39 is 65.9 Å². The standard InChI is InChI=1S/C21H22O11/c1-7-15(26)17(28)18(29)21(30-7)32-20-16(27)14-12(25)5-9(22)6-13(14)31-19(20)8-2-3-10(23)11(24)4-8/h2-7,15,17-26,28-29H,1H3/t7-,15+,17+,18+,19+,20+,21-/m1/s1. The number of carbonyl (C=O) groups excluding carboxylic acids is 1. The lowest BCUT2D eigenvalue weighted by Crippen LogP contribution is -2.59. The second-order valence-corrected chi connectivity index (χ2v) is 7.73. The van der Waals surface area contributed by atoms with Gasteiger partial charge in [-0.15, -0.1) is 0 Å². The fourth-order valence-electron chi connectivity index (χ4n) is 3.77. The van der Waals surface area contributed by atoms with Gasteiger partial charge in [0, 0.05) is 12.1 Å². The molecule has 2 heterocycles. The summed E-state index contributed by atoms with van der Waals surface area (Å²) in [6.45, 7) is 1.44. The minimum absolute atomic E-state index is 0.154. The summed E-state index contributed by atoms with van der Waals surface area (Å²) in [5.41, 5.74) is -0.1000. The number of ketones is 1. The highest BCUT2D eigenvalue weighted by molar-refractivity contribution is 6.05. The molecule has 172 valence electrons. The van der Waals surface area contributed by atoms with E-state index in [9.17, 15) is 40.5 Å².